The number of aromatic nitrogens is 4. The van der Waals surface area contributed by atoms with E-state index < -0.39 is 6.30 Å². The standard InChI is InChI=1S/C21H21Cl2F3N6/c1-20(6-7-20)32-18(23)16(11-27-32)29-19-28-15-10-13(2-3-14(15)17(22)30-19)12-4-8-31(9-5-12)21(24,25)26/h2-3,10-12H,4-9H2,1H3,(H,28,29,30). The van der Waals surface area contributed by atoms with Gasteiger partial charge in [-0.25, -0.2) is 19.5 Å². The number of rotatable bonds is 4. The summed E-state index contributed by atoms with van der Waals surface area (Å²) in [5.74, 6) is 0.323. The number of alkyl halides is 3. The molecule has 0 radical (unpaired) electrons. The van der Waals surface area contributed by atoms with E-state index >= 15 is 0 Å². The van der Waals surface area contributed by atoms with E-state index in [9.17, 15) is 13.2 Å². The lowest BCUT2D eigenvalue weighted by Gasteiger charge is -2.33. The van der Waals surface area contributed by atoms with Crippen LogP contribution in [0.25, 0.3) is 10.9 Å². The highest BCUT2D eigenvalue weighted by molar-refractivity contribution is 6.34. The molecule has 32 heavy (non-hydrogen) atoms. The van der Waals surface area contributed by atoms with Crippen molar-refractivity contribution in [3.63, 3.8) is 0 Å². The molecular formula is C21H21Cl2F3N6. The molecule has 3 heterocycles. The first-order valence-corrected chi connectivity index (χ1v) is 11.2. The summed E-state index contributed by atoms with van der Waals surface area (Å²) in [5, 5.41) is 8.92. The van der Waals surface area contributed by atoms with Gasteiger partial charge >= 0.3 is 6.30 Å². The molecule has 3 aromatic rings. The topological polar surface area (TPSA) is 58.9 Å². The normalized spacial score (nSPS) is 19.4. The number of nitrogens with zero attached hydrogens (tertiary/aromatic N) is 5. The summed E-state index contributed by atoms with van der Waals surface area (Å²) in [7, 11) is 0. The highest BCUT2D eigenvalue weighted by Gasteiger charge is 2.42. The van der Waals surface area contributed by atoms with Crippen molar-refractivity contribution in [1.82, 2.24) is 24.6 Å². The fourth-order valence-corrected chi connectivity index (χ4v) is 4.77. The molecule has 170 valence electrons. The second-order valence-electron chi connectivity index (χ2n) is 8.73. The number of hydrogen-bond donors (Lipinski definition) is 1. The third kappa shape index (κ3) is 4.02. The Kier molecular flexibility index (Phi) is 5.26. The van der Waals surface area contributed by atoms with Crippen LogP contribution in [0, 0.1) is 0 Å². The number of piperidine rings is 1. The second kappa shape index (κ2) is 7.74. The Balaban J connectivity index is 1.39. The first kappa shape index (κ1) is 21.7. The van der Waals surface area contributed by atoms with Gasteiger partial charge in [-0.05, 0) is 56.2 Å². The summed E-state index contributed by atoms with van der Waals surface area (Å²) in [4.78, 5) is 9.46. The zero-order valence-corrected chi connectivity index (χ0v) is 18.8. The van der Waals surface area contributed by atoms with E-state index in [4.69, 9.17) is 23.2 Å². The van der Waals surface area contributed by atoms with Crippen LogP contribution in [0.2, 0.25) is 10.3 Å². The molecule has 2 aromatic heterocycles. The highest BCUT2D eigenvalue weighted by atomic mass is 35.5. The summed E-state index contributed by atoms with van der Waals surface area (Å²) in [5.41, 5.74) is 2.12. The smallest absolute Gasteiger partial charge is 0.320 e. The van der Waals surface area contributed by atoms with Crippen molar-refractivity contribution in [3.8, 4) is 0 Å². The van der Waals surface area contributed by atoms with Gasteiger partial charge in [-0.15, -0.1) is 0 Å². The largest absolute Gasteiger partial charge is 0.459 e. The Morgan fingerprint density at radius 3 is 2.50 bits per heavy atom. The molecule has 0 amide bonds. The predicted octanol–water partition coefficient (Wildman–Crippen LogP) is 6.08. The molecule has 5 rings (SSSR count). The Labute approximate surface area is 192 Å². The molecule has 1 aliphatic heterocycles. The molecule has 0 bridgehead atoms. The molecule has 0 atom stereocenters. The Morgan fingerprint density at radius 1 is 1.12 bits per heavy atom. The van der Waals surface area contributed by atoms with E-state index in [1.54, 1.807) is 10.9 Å². The van der Waals surface area contributed by atoms with Crippen LogP contribution in [-0.4, -0.2) is 44.0 Å². The zero-order valence-electron chi connectivity index (χ0n) is 17.3. The summed E-state index contributed by atoms with van der Waals surface area (Å²) in [6, 6.07) is 5.61. The van der Waals surface area contributed by atoms with Crippen LogP contribution in [0.4, 0.5) is 24.8 Å². The summed E-state index contributed by atoms with van der Waals surface area (Å²) >= 11 is 12.9. The first-order chi connectivity index (χ1) is 15.1. The van der Waals surface area contributed by atoms with Crippen molar-refractivity contribution in [2.75, 3.05) is 18.4 Å². The molecule has 1 saturated heterocycles. The minimum Gasteiger partial charge on any atom is -0.320 e. The number of benzene rings is 1. The molecule has 2 aliphatic rings. The maximum absolute atomic E-state index is 12.9. The van der Waals surface area contributed by atoms with Gasteiger partial charge in [-0.1, -0.05) is 29.3 Å². The third-order valence-corrected chi connectivity index (χ3v) is 7.09. The molecule has 11 heteroatoms. The summed E-state index contributed by atoms with van der Waals surface area (Å²) < 4.78 is 40.5. The van der Waals surface area contributed by atoms with Gasteiger partial charge in [0, 0.05) is 18.5 Å². The van der Waals surface area contributed by atoms with Gasteiger partial charge in [0.25, 0.3) is 0 Å². The van der Waals surface area contributed by atoms with Gasteiger partial charge in [-0.2, -0.15) is 18.3 Å². The third-order valence-electron chi connectivity index (χ3n) is 6.44. The molecule has 0 spiro atoms. The van der Waals surface area contributed by atoms with Crippen molar-refractivity contribution in [3.05, 3.63) is 40.3 Å². The van der Waals surface area contributed by atoms with Crippen LogP contribution >= 0.6 is 23.2 Å². The van der Waals surface area contributed by atoms with Crippen LogP contribution < -0.4 is 5.32 Å². The molecule has 1 aromatic carbocycles. The van der Waals surface area contributed by atoms with Gasteiger partial charge in [0.2, 0.25) is 5.95 Å². The minimum atomic E-state index is -4.28. The first-order valence-electron chi connectivity index (χ1n) is 10.4. The minimum absolute atomic E-state index is 0.00898. The highest BCUT2D eigenvalue weighted by Crippen LogP contribution is 2.45. The number of anilines is 2. The number of fused-ring (bicyclic) bond motifs is 1. The lowest BCUT2D eigenvalue weighted by atomic mass is 9.89. The van der Waals surface area contributed by atoms with Gasteiger partial charge in [0.15, 0.2) is 5.15 Å². The molecule has 1 aliphatic carbocycles. The fourth-order valence-electron chi connectivity index (χ4n) is 4.19. The van der Waals surface area contributed by atoms with Crippen molar-refractivity contribution in [2.45, 2.75) is 50.4 Å². The lowest BCUT2D eigenvalue weighted by molar-refractivity contribution is -0.250. The van der Waals surface area contributed by atoms with Crippen molar-refractivity contribution in [1.29, 1.82) is 0 Å². The lowest BCUT2D eigenvalue weighted by Crippen LogP contribution is -2.43. The Bertz CT molecular complexity index is 1170. The van der Waals surface area contributed by atoms with Crippen molar-refractivity contribution in [2.24, 2.45) is 0 Å². The van der Waals surface area contributed by atoms with Gasteiger partial charge in [-0.3, -0.25) is 0 Å². The van der Waals surface area contributed by atoms with Crippen molar-refractivity contribution >= 4 is 45.7 Å². The van der Waals surface area contributed by atoms with Crippen LogP contribution in [0.3, 0.4) is 0 Å². The fraction of sp³-hybridized carbons (Fsp3) is 0.476. The second-order valence-corrected chi connectivity index (χ2v) is 9.44. The van der Waals surface area contributed by atoms with E-state index in [0.29, 0.717) is 39.5 Å². The molecule has 0 unspecified atom stereocenters. The van der Waals surface area contributed by atoms with E-state index in [1.807, 2.05) is 18.2 Å². The van der Waals surface area contributed by atoms with Crippen LogP contribution in [0.1, 0.15) is 44.1 Å². The van der Waals surface area contributed by atoms with E-state index in [1.165, 1.54) is 0 Å². The molecule has 6 nitrogen and oxygen atoms in total. The molecular weight excluding hydrogens is 464 g/mol. The quantitative estimate of drug-likeness (QED) is 0.358. The van der Waals surface area contributed by atoms with Crippen LogP contribution in [0.5, 0.6) is 0 Å². The maximum atomic E-state index is 12.9. The van der Waals surface area contributed by atoms with Crippen LogP contribution in [-0.2, 0) is 5.54 Å². The predicted molar refractivity (Wildman–Crippen MR) is 118 cm³/mol. The summed E-state index contributed by atoms with van der Waals surface area (Å²) in [6.07, 6.45) is 0.276. The number of likely N-dealkylation sites (tertiary alicyclic amines) is 1. The van der Waals surface area contributed by atoms with E-state index in [2.05, 4.69) is 27.3 Å². The average Bonchev–Trinajstić information content (AvgIpc) is 3.39. The average molecular weight is 485 g/mol. The zero-order chi connectivity index (χ0) is 22.7. The summed E-state index contributed by atoms with van der Waals surface area (Å²) in [6.45, 7) is 2.08. The Morgan fingerprint density at radius 2 is 1.84 bits per heavy atom. The number of hydrogen-bond acceptors (Lipinski definition) is 5. The SMILES string of the molecule is CC1(n2ncc(Nc3nc(Cl)c4ccc(C5CCN(C(F)(F)F)CC5)cc4n3)c2Cl)CC1. The van der Waals surface area contributed by atoms with Gasteiger partial charge in [0.1, 0.15) is 5.15 Å². The van der Waals surface area contributed by atoms with Gasteiger partial charge < -0.3 is 5.32 Å². The number of halogens is 5. The van der Waals surface area contributed by atoms with E-state index in [0.717, 1.165) is 18.4 Å². The van der Waals surface area contributed by atoms with Gasteiger partial charge in [0.05, 0.1) is 22.9 Å². The maximum Gasteiger partial charge on any atom is 0.459 e. The Hall–Kier alpha value is -2.10. The van der Waals surface area contributed by atoms with Crippen LogP contribution in [0.15, 0.2) is 24.4 Å². The molecule has 1 saturated carbocycles. The van der Waals surface area contributed by atoms with E-state index in [-0.39, 0.29) is 35.6 Å². The monoisotopic (exact) mass is 484 g/mol. The molecule has 2 fully saturated rings. The molecule has 1 N–H and O–H groups in total. The van der Waals surface area contributed by atoms with Crippen molar-refractivity contribution < 1.29 is 13.2 Å². The number of nitrogens with one attached hydrogen (secondary N) is 1.